The summed E-state index contributed by atoms with van der Waals surface area (Å²) >= 11 is 0. The normalized spacial score (nSPS) is 10.9. The summed E-state index contributed by atoms with van der Waals surface area (Å²) < 4.78 is 30.2. The first-order valence-corrected chi connectivity index (χ1v) is 12.0. The van der Waals surface area contributed by atoms with Crippen molar-refractivity contribution in [3.05, 3.63) is 23.3 Å². The van der Waals surface area contributed by atoms with Crippen LogP contribution in [0.15, 0.2) is 6.20 Å². The fraction of sp³-hybridized carbons (Fsp3) is 0.750. The highest BCUT2D eigenvalue weighted by Crippen LogP contribution is 2.20. The Bertz CT molecular complexity index is 661. The van der Waals surface area contributed by atoms with E-state index in [1.54, 1.807) is 6.92 Å². The second-order valence-electron chi connectivity index (χ2n) is 7.83. The van der Waals surface area contributed by atoms with E-state index in [0.29, 0.717) is 12.0 Å². The number of aryl methyl sites for hydroxylation is 1. The van der Waals surface area contributed by atoms with Gasteiger partial charge in [-0.05, 0) is 19.8 Å². The number of carbonyl (C=O) groups excluding carboxylic acids is 2. The lowest BCUT2D eigenvalue weighted by Crippen LogP contribution is -2.25. The number of rotatable bonds is 18. The van der Waals surface area contributed by atoms with Crippen molar-refractivity contribution in [3.63, 3.8) is 0 Å². The molecule has 0 aliphatic heterocycles. The fourth-order valence-electron chi connectivity index (χ4n) is 3.43. The summed E-state index contributed by atoms with van der Waals surface area (Å²) in [5.74, 6) is -1.61. The highest BCUT2D eigenvalue weighted by molar-refractivity contribution is 5.88. The molecule has 184 valence electrons. The maximum Gasteiger partial charge on any atom is 0.533 e. The second-order valence-corrected chi connectivity index (χ2v) is 7.83. The highest BCUT2D eigenvalue weighted by Gasteiger charge is 2.26. The largest absolute Gasteiger partial charge is 0.533 e. The van der Waals surface area contributed by atoms with Crippen molar-refractivity contribution < 1.29 is 33.0 Å². The van der Waals surface area contributed by atoms with Crippen molar-refractivity contribution in [1.82, 2.24) is 4.73 Å². The van der Waals surface area contributed by atoms with Crippen LogP contribution in [0.3, 0.4) is 0 Å². The molecule has 0 aliphatic rings. The first-order valence-electron chi connectivity index (χ1n) is 12.0. The molecule has 0 radical (unpaired) electrons. The molecule has 0 fully saturated rings. The quantitative estimate of drug-likeness (QED) is 0.203. The molecule has 1 heterocycles. The first kappa shape index (κ1) is 27.9. The molecule has 1 rings (SSSR count). The van der Waals surface area contributed by atoms with Gasteiger partial charge in [-0.15, -0.1) is 0 Å². The Morgan fingerprint density at radius 2 is 1.47 bits per heavy atom. The van der Waals surface area contributed by atoms with Gasteiger partial charge in [-0.25, -0.2) is 14.0 Å². The zero-order valence-electron chi connectivity index (χ0n) is 20.0. The Morgan fingerprint density at radius 3 is 2.03 bits per heavy atom. The molecular weight excluding hydrogens is 417 g/mol. The lowest BCUT2D eigenvalue weighted by atomic mass is 10.0. The standard InChI is InChI=1S/C24H40FNO6/c1-4-6-7-8-9-10-11-12-13-14-15-16-20-19-26(32-24(28)31-18-17-29-3)22(21(20)25)23(27)30-5-2/h19H,4-18H2,1-3H3. The Labute approximate surface area is 191 Å². The van der Waals surface area contributed by atoms with E-state index in [1.165, 1.54) is 64.7 Å². The van der Waals surface area contributed by atoms with E-state index in [-0.39, 0.29) is 19.8 Å². The van der Waals surface area contributed by atoms with E-state index < -0.39 is 23.6 Å². The monoisotopic (exact) mass is 457 g/mol. The Kier molecular flexibility index (Phi) is 15.2. The van der Waals surface area contributed by atoms with Crippen LogP contribution in [0, 0.1) is 5.82 Å². The van der Waals surface area contributed by atoms with E-state index in [0.717, 1.165) is 24.0 Å². The molecule has 0 spiro atoms. The lowest BCUT2D eigenvalue weighted by molar-refractivity contribution is 0.0246. The van der Waals surface area contributed by atoms with Crippen LogP contribution in [0.5, 0.6) is 0 Å². The molecule has 0 bridgehead atoms. The van der Waals surface area contributed by atoms with Gasteiger partial charge in [0.15, 0.2) is 5.82 Å². The Balaban J connectivity index is 2.48. The summed E-state index contributed by atoms with van der Waals surface area (Å²) in [6.07, 6.45) is 13.9. The maximum atomic E-state index is 14.9. The lowest BCUT2D eigenvalue weighted by Gasteiger charge is -2.08. The number of hydrogen-bond donors (Lipinski definition) is 0. The van der Waals surface area contributed by atoms with Gasteiger partial charge in [0.2, 0.25) is 5.69 Å². The van der Waals surface area contributed by atoms with Crippen LogP contribution in [0.2, 0.25) is 0 Å². The SMILES string of the molecule is CCCCCCCCCCCCCc1cn(OC(=O)OCCOC)c(C(=O)OCC)c1F. The molecule has 0 atom stereocenters. The number of ether oxygens (including phenoxy) is 3. The van der Waals surface area contributed by atoms with Crippen LogP contribution in [0.4, 0.5) is 9.18 Å². The number of halogens is 1. The number of esters is 1. The van der Waals surface area contributed by atoms with Crippen LogP contribution >= 0.6 is 0 Å². The van der Waals surface area contributed by atoms with Gasteiger partial charge in [0.05, 0.1) is 19.4 Å². The third-order valence-electron chi connectivity index (χ3n) is 5.18. The summed E-state index contributed by atoms with van der Waals surface area (Å²) in [7, 11) is 1.47. The molecule has 0 saturated heterocycles. The molecule has 0 amide bonds. The van der Waals surface area contributed by atoms with Gasteiger partial charge in [-0.1, -0.05) is 71.1 Å². The average Bonchev–Trinajstić information content (AvgIpc) is 3.07. The summed E-state index contributed by atoms with van der Waals surface area (Å²) in [5.41, 5.74) is -0.123. The van der Waals surface area contributed by atoms with E-state index in [1.807, 2.05) is 0 Å². The molecule has 1 aromatic rings. The van der Waals surface area contributed by atoms with Crippen molar-refractivity contribution in [2.24, 2.45) is 0 Å². The number of unbranched alkanes of at least 4 members (excludes halogenated alkanes) is 10. The minimum absolute atomic E-state index is 0.0145. The number of methoxy groups -OCH3 is 1. The summed E-state index contributed by atoms with van der Waals surface area (Å²) in [6.45, 7) is 4.11. The number of carbonyl (C=O) groups is 2. The Hall–Kier alpha value is -2.09. The van der Waals surface area contributed by atoms with Crippen LogP contribution < -0.4 is 4.84 Å². The number of nitrogens with zero attached hydrogens (tertiary/aromatic N) is 1. The van der Waals surface area contributed by atoms with Crippen LogP contribution in [-0.2, 0) is 20.6 Å². The van der Waals surface area contributed by atoms with Gasteiger partial charge in [-0.3, -0.25) is 0 Å². The van der Waals surface area contributed by atoms with Crippen molar-refractivity contribution in [3.8, 4) is 0 Å². The minimum Gasteiger partial charge on any atom is -0.461 e. The topological polar surface area (TPSA) is 76.0 Å². The molecule has 0 aliphatic carbocycles. The summed E-state index contributed by atoms with van der Waals surface area (Å²) in [6, 6.07) is 0. The maximum absolute atomic E-state index is 14.9. The molecule has 7 nitrogen and oxygen atoms in total. The van der Waals surface area contributed by atoms with E-state index >= 15 is 0 Å². The van der Waals surface area contributed by atoms with Gasteiger partial charge < -0.3 is 19.0 Å². The second kappa shape index (κ2) is 17.5. The van der Waals surface area contributed by atoms with Crippen LogP contribution in [0.1, 0.15) is 101 Å². The highest BCUT2D eigenvalue weighted by atomic mass is 19.1. The van der Waals surface area contributed by atoms with Gasteiger partial charge in [0, 0.05) is 12.7 Å². The van der Waals surface area contributed by atoms with E-state index in [2.05, 4.69) is 6.92 Å². The molecule has 0 N–H and O–H groups in total. The van der Waals surface area contributed by atoms with E-state index in [4.69, 9.17) is 19.0 Å². The third-order valence-corrected chi connectivity index (χ3v) is 5.18. The molecule has 8 heteroatoms. The third kappa shape index (κ3) is 11.0. The molecule has 1 aromatic heterocycles. The van der Waals surface area contributed by atoms with Gasteiger partial charge in [0.25, 0.3) is 0 Å². The zero-order chi connectivity index (χ0) is 23.6. The fourth-order valence-corrected chi connectivity index (χ4v) is 3.43. The average molecular weight is 458 g/mol. The summed E-state index contributed by atoms with van der Waals surface area (Å²) in [4.78, 5) is 29.0. The predicted molar refractivity (Wildman–Crippen MR) is 120 cm³/mol. The van der Waals surface area contributed by atoms with Crippen LogP contribution in [0.25, 0.3) is 0 Å². The first-order chi connectivity index (χ1) is 15.5. The van der Waals surface area contributed by atoms with Gasteiger partial charge in [-0.2, -0.15) is 4.73 Å². The molecule has 0 aromatic carbocycles. The smallest absolute Gasteiger partial charge is 0.461 e. The number of aromatic nitrogens is 1. The molecule has 0 unspecified atom stereocenters. The number of hydrogen-bond acceptors (Lipinski definition) is 6. The Morgan fingerprint density at radius 1 is 0.875 bits per heavy atom. The van der Waals surface area contributed by atoms with Crippen molar-refractivity contribution in [2.45, 2.75) is 90.9 Å². The van der Waals surface area contributed by atoms with E-state index in [9.17, 15) is 14.0 Å². The molecule has 32 heavy (non-hydrogen) atoms. The predicted octanol–water partition coefficient (Wildman–Crippen LogP) is 5.87. The minimum atomic E-state index is -1.05. The molecule has 0 saturated carbocycles. The van der Waals surface area contributed by atoms with Crippen molar-refractivity contribution >= 4 is 12.1 Å². The zero-order valence-corrected chi connectivity index (χ0v) is 20.0. The van der Waals surface area contributed by atoms with Crippen molar-refractivity contribution in [2.75, 3.05) is 26.9 Å². The van der Waals surface area contributed by atoms with Crippen LogP contribution in [-0.4, -0.2) is 43.8 Å². The van der Waals surface area contributed by atoms with Gasteiger partial charge >= 0.3 is 12.1 Å². The van der Waals surface area contributed by atoms with Crippen molar-refractivity contribution in [1.29, 1.82) is 0 Å². The summed E-state index contributed by atoms with van der Waals surface area (Å²) in [5, 5.41) is 0. The molecular formula is C24H40FNO6. The van der Waals surface area contributed by atoms with Gasteiger partial charge in [0.1, 0.15) is 6.61 Å².